The first-order chi connectivity index (χ1) is 14.0. The first kappa shape index (κ1) is 19.3. The summed E-state index contributed by atoms with van der Waals surface area (Å²) in [7, 11) is 4.78. The van der Waals surface area contributed by atoms with Gasteiger partial charge in [-0.3, -0.25) is 4.79 Å². The van der Waals surface area contributed by atoms with Crippen LogP contribution in [0.25, 0.3) is 17.0 Å². The van der Waals surface area contributed by atoms with Crippen molar-refractivity contribution in [1.29, 1.82) is 0 Å². The molecule has 2 aromatic carbocycles. The van der Waals surface area contributed by atoms with Crippen molar-refractivity contribution in [3.63, 3.8) is 0 Å². The van der Waals surface area contributed by atoms with Gasteiger partial charge < -0.3 is 14.2 Å². The third-order valence-corrected chi connectivity index (χ3v) is 5.45. The van der Waals surface area contributed by atoms with Gasteiger partial charge in [-0.25, -0.2) is 4.98 Å². The van der Waals surface area contributed by atoms with Crippen LogP contribution in [-0.2, 0) is 6.42 Å². The minimum Gasteiger partial charge on any atom is -0.497 e. The van der Waals surface area contributed by atoms with E-state index in [2.05, 4.69) is 4.98 Å². The number of carbonyl (C=O) groups excluding carboxylic acids is 1. The number of benzene rings is 2. The fourth-order valence-corrected chi connectivity index (χ4v) is 3.80. The van der Waals surface area contributed by atoms with Crippen LogP contribution in [0.15, 0.2) is 42.0 Å². The SMILES string of the molecule is COc1ccc2c(c1)CC/C(=C\c1cc3cc(OC)c(OC)cc3nc1Cl)C2=O. The molecule has 3 aromatic rings. The first-order valence-electron chi connectivity index (χ1n) is 9.18. The maximum Gasteiger partial charge on any atom is 0.189 e. The number of aryl methyl sites for hydroxylation is 1. The number of hydrogen-bond donors (Lipinski definition) is 0. The number of fused-ring (bicyclic) bond motifs is 2. The largest absolute Gasteiger partial charge is 0.497 e. The van der Waals surface area contributed by atoms with E-state index in [4.69, 9.17) is 25.8 Å². The van der Waals surface area contributed by atoms with Crippen molar-refractivity contribution in [1.82, 2.24) is 4.98 Å². The van der Waals surface area contributed by atoms with E-state index in [1.165, 1.54) is 0 Å². The van der Waals surface area contributed by atoms with Gasteiger partial charge in [0.2, 0.25) is 0 Å². The summed E-state index contributed by atoms with van der Waals surface area (Å²) in [6.07, 6.45) is 3.24. The van der Waals surface area contributed by atoms with Gasteiger partial charge in [0.1, 0.15) is 10.9 Å². The Morgan fingerprint density at radius 2 is 1.72 bits per heavy atom. The Labute approximate surface area is 173 Å². The maximum atomic E-state index is 13.0. The molecular weight excluding hydrogens is 390 g/mol. The number of Topliss-reactive ketones (excluding diaryl/α,β-unsaturated/α-hetero) is 1. The fourth-order valence-electron chi connectivity index (χ4n) is 3.60. The highest BCUT2D eigenvalue weighted by molar-refractivity contribution is 6.31. The Kier molecular flexibility index (Phi) is 5.16. The molecule has 0 saturated carbocycles. The van der Waals surface area contributed by atoms with Crippen LogP contribution in [0.1, 0.15) is 27.9 Å². The number of ether oxygens (including phenoxy) is 3. The average Bonchev–Trinajstić information content (AvgIpc) is 2.74. The van der Waals surface area contributed by atoms with Gasteiger partial charge in [-0.15, -0.1) is 0 Å². The summed E-state index contributed by atoms with van der Waals surface area (Å²) in [5, 5.41) is 1.19. The smallest absolute Gasteiger partial charge is 0.189 e. The number of pyridine rings is 1. The maximum absolute atomic E-state index is 13.0. The molecule has 0 radical (unpaired) electrons. The predicted octanol–water partition coefficient (Wildman–Crippen LogP) is 5.13. The molecular formula is C23H20ClNO4. The monoisotopic (exact) mass is 409 g/mol. The fraction of sp³-hybridized carbons (Fsp3) is 0.217. The van der Waals surface area contributed by atoms with Crippen molar-refractivity contribution in [2.45, 2.75) is 12.8 Å². The number of allylic oxidation sites excluding steroid dienone is 1. The molecule has 1 heterocycles. The van der Waals surface area contributed by atoms with Gasteiger partial charge in [0.15, 0.2) is 17.3 Å². The molecule has 0 spiro atoms. The highest BCUT2D eigenvalue weighted by Gasteiger charge is 2.23. The highest BCUT2D eigenvalue weighted by Crippen LogP contribution is 2.35. The summed E-state index contributed by atoms with van der Waals surface area (Å²) in [4.78, 5) is 17.4. The Bertz CT molecular complexity index is 1150. The van der Waals surface area contributed by atoms with E-state index in [-0.39, 0.29) is 5.78 Å². The molecule has 0 amide bonds. The molecule has 0 aliphatic heterocycles. The molecule has 0 N–H and O–H groups in total. The van der Waals surface area contributed by atoms with Crippen molar-refractivity contribution < 1.29 is 19.0 Å². The lowest BCUT2D eigenvalue weighted by Crippen LogP contribution is -2.14. The van der Waals surface area contributed by atoms with Gasteiger partial charge in [-0.2, -0.15) is 0 Å². The number of carbonyl (C=O) groups is 1. The van der Waals surface area contributed by atoms with E-state index < -0.39 is 0 Å². The van der Waals surface area contributed by atoms with Gasteiger partial charge in [-0.05, 0) is 54.8 Å². The van der Waals surface area contributed by atoms with Crippen LogP contribution in [0.2, 0.25) is 5.15 Å². The van der Waals surface area contributed by atoms with Crippen molar-refractivity contribution >= 4 is 34.4 Å². The van der Waals surface area contributed by atoms with Crippen LogP contribution < -0.4 is 14.2 Å². The van der Waals surface area contributed by atoms with Crippen LogP contribution in [0, 0.1) is 0 Å². The summed E-state index contributed by atoms with van der Waals surface area (Å²) < 4.78 is 16.0. The molecule has 6 heteroatoms. The molecule has 0 fully saturated rings. The van der Waals surface area contributed by atoms with Gasteiger partial charge in [0, 0.05) is 28.2 Å². The standard InChI is InChI=1S/C23H20ClNO4/c1-27-17-6-7-18-13(10-17)4-5-14(22(18)26)8-16-9-15-11-20(28-2)21(29-3)12-19(15)25-23(16)24/h6-12H,4-5H2,1-3H3/b14-8+. The lowest BCUT2D eigenvalue weighted by molar-refractivity contribution is 0.102. The highest BCUT2D eigenvalue weighted by atomic mass is 35.5. The Balaban J connectivity index is 1.75. The molecule has 0 unspecified atom stereocenters. The van der Waals surface area contributed by atoms with Crippen molar-refractivity contribution in [2.24, 2.45) is 0 Å². The number of aromatic nitrogens is 1. The minimum atomic E-state index is 0.0115. The zero-order valence-corrected chi connectivity index (χ0v) is 17.2. The van der Waals surface area contributed by atoms with Gasteiger partial charge in [0.25, 0.3) is 0 Å². The lowest BCUT2D eigenvalue weighted by Gasteiger charge is -2.18. The number of methoxy groups -OCH3 is 3. The Morgan fingerprint density at radius 3 is 2.45 bits per heavy atom. The summed E-state index contributed by atoms with van der Waals surface area (Å²) in [5.74, 6) is 1.97. The molecule has 1 aliphatic carbocycles. The number of ketones is 1. The van der Waals surface area contributed by atoms with E-state index >= 15 is 0 Å². The quantitative estimate of drug-likeness (QED) is 0.442. The topological polar surface area (TPSA) is 57.6 Å². The van der Waals surface area contributed by atoms with Gasteiger partial charge in [-0.1, -0.05) is 11.6 Å². The summed E-state index contributed by atoms with van der Waals surface area (Å²) in [5.41, 5.74) is 3.82. The predicted molar refractivity (Wildman–Crippen MR) is 113 cm³/mol. The summed E-state index contributed by atoms with van der Waals surface area (Å²) >= 11 is 6.42. The van der Waals surface area contributed by atoms with Crippen molar-refractivity contribution in [2.75, 3.05) is 21.3 Å². The van der Waals surface area contributed by atoms with Crippen LogP contribution in [0.4, 0.5) is 0 Å². The van der Waals surface area contributed by atoms with E-state index in [9.17, 15) is 4.79 Å². The second-order valence-electron chi connectivity index (χ2n) is 6.79. The second kappa shape index (κ2) is 7.76. The third-order valence-electron chi connectivity index (χ3n) is 5.14. The van der Waals surface area contributed by atoms with E-state index in [0.717, 1.165) is 23.1 Å². The van der Waals surface area contributed by atoms with E-state index in [1.54, 1.807) is 27.4 Å². The zero-order valence-electron chi connectivity index (χ0n) is 16.4. The Hall–Kier alpha value is -3.05. The molecule has 1 aromatic heterocycles. The normalized spacial score (nSPS) is 14.8. The van der Waals surface area contributed by atoms with Crippen LogP contribution in [-0.4, -0.2) is 32.1 Å². The van der Waals surface area contributed by atoms with Crippen molar-refractivity contribution in [3.8, 4) is 17.2 Å². The number of rotatable bonds is 4. The number of halogens is 1. The zero-order chi connectivity index (χ0) is 20.5. The Morgan fingerprint density at radius 1 is 0.966 bits per heavy atom. The van der Waals surface area contributed by atoms with Crippen LogP contribution in [0.3, 0.4) is 0 Å². The summed E-state index contributed by atoms with van der Waals surface area (Å²) in [6.45, 7) is 0. The summed E-state index contributed by atoms with van der Waals surface area (Å²) in [6, 6.07) is 11.1. The lowest BCUT2D eigenvalue weighted by atomic mass is 9.86. The van der Waals surface area contributed by atoms with Crippen molar-refractivity contribution in [3.05, 3.63) is 63.8 Å². The number of nitrogens with zero attached hydrogens (tertiary/aromatic N) is 1. The molecule has 0 bridgehead atoms. The second-order valence-corrected chi connectivity index (χ2v) is 7.15. The molecule has 148 valence electrons. The minimum absolute atomic E-state index is 0.0115. The molecule has 0 atom stereocenters. The van der Waals surface area contributed by atoms with Crippen LogP contribution >= 0.6 is 11.6 Å². The molecule has 0 saturated heterocycles. The average molecular weight is 410 g/mol. The van der Waals surface area contributed by atoms with Gasteiger partial charge >= 0.3 is 0 Å². The van der Waals surface area contributed by atoms with E-state index in [0.29, 0.717) is 45.3 Å². The molecule has 4 rings (SSSR count). The third kappa shape index (κ3) is 3.54. The first-order valence-corrected chi connectivity index (χ1v) is 9.56. The molecule has 29 heavy (non-hydrogen) atoms. The van der Waals surface area contributed by atoms with Crippen LogP contribution in [0.5, 0.6) is 17.2 Å². The van der Waals surface area contributed by atoms with E-state index in [1.807, 2.05) is 36.4 Å². The molecule has 5 nitrogen and oxygen atoms in total. The number of hydrogen-bond acceptors (Lipinski definition) is 5. The molecule has 1 aliphatic rings. The van der Waals surface area contributed by atoms with Gasteiger partial charge in [0.05, 0.1) is 26.8 Å².